The number of anilines is 3. The Balaban J connectivity index is 1.55. The molecule has 4 aromatic heterocycles. The first-order valence-corrected chi connectivity index (χ1v) is 13.1. The highest BCUT2D eigenvalue weighted by Crippen LogP contribution is 2.41. The van der Waals surface area contributed by atoms with Crippen molar-refractivity contribution in [3.8, 4) is 11.4 Å². The van der Waals surface area contributed by atoms with Crippen LogP contribution in [0.1, 0.15) is 29.1 Å². The molecule has 5 rings (SSSR count). The van der Waals surface area contributed by atoms with E-state index in [0.717, 1.165) is 45.4 Å². The largest absolute Gasteiger partial charge is 0.378 e. The lowest BCUT2D eigenvalue weighted by Crippen LogP contribution is -2.38. The number of rotatable bonds is 7. The van der Waals surface area contributed by atoms with Crippen LogP contribution in [0.25, 0.3) is 21.6 Å². The van der Waals surface area contributed by atoms with Crippen molar-refractivity contribution in [3.63, 3.8) is 0 Å². The lowest BCUT2D eigenvalue weighted by molar-refractivity contribution is 0.0706. The van der Waals surface area contributed by atoms with Gasteiger partial charge in [0.15, 0.2) is 11.6 Å². The number of morpholine rings is 1. The summed E-state index contributed by atoms with van der Waals surface area (Å²) in [5, 5.41) is 11.9. The van der Waals surface area contributed by atoms with Crippen molar-refractivity contribution >= 4 is 44.9 Å². The zero-order valence-corrected chi connectivity index (χ0v) is 22.5. The van der Waals surface area contributed by atoms with Gasteiger partial charge in [0.05, 0.1) is 34.5 Å². The number of nitrogens with zero attached hydrogens (tertiary/aromatic N) is 6. The van der Waals surface area contributed by atoms with E-state index in [-0.39, 0.29) is 5.56 Å². The summed E-state index contributed by atoms with van der Waals surface area (Å²) in [7, 11) is 3.80. The number of carbonyl (C=O) groups excluding carboxylic acids is 1. The minimum absolute atomic E-state index is 0.277. The van der Waals surface area contributed by atoms with Crippen LogP contribution in [0.4, 0.5) is 17.5 Å². The molecule has 0 aromatic carbocycles. The van der Waals surface area contributed by atoms with Crippen molar-refractivity contribution in [1.82, 2.24) is 25.4 Å². The lowest BCUT2D eigenvalue weighted by atomic mass is 10.0. The molecule has 0 radical (unpaired) electrons. The fourth-order valence-electron chi connectivity index (χ4n) is 4.24. The molecular weight excluding hydrogens is 504 g/mol. The normalized spacial score (nSPS) is 14.0. The highest BCUT2D eigenvalue weighted by molar-refractivity contribution is 7.19. The van der Waals surface area contributed by atoms with E-state index in [0.29, 0.717) is 24.9 Å². The zero-order valence-electron chi connectivity index (χ0n) is 21.7. The van der Waals surface area contributed by atoms with E-state index >= 15 is 0 Å². The van der Waals surface area contributed by atoms with Gasteiger partial charge in [-0.1, -0.05) is 0 Å². The molecule has 11 nitrogen and oxygen atoms in total. The minimum atomic E-state index is -0.601. The maximum Gasteiger partial charge on any atom is 0.276 e. The molecule has 4 aromatic rings. The maximum atomic E-state index is 11.7. The number of nitrogens with one attached hydrogen (secondary N) is 2. The van der Waals surface area contributed by atoms with Crippen LogP contribution in [0.2, 0.25) is 0 Å². The number of aromatic nitrogens is 4. The predicted octanol–water partition coefficient (Wildman–Crippen LogP) is 3.52. The van der Waals surface area contributed by atoms with Gasteiger partial charge in [0.2, 0.25) is 0 Å². The second kappa shape index (κ2) is 10.5. The lowest BCUT2D eigenvalue weighted by Gasteiger charge is -2.36. The highest BCUT2D eigenvalue weighted by atomic mass is 32.1. The van der Waals surface area contributed by atoms with E-state index in [1.165, 1.54) is 6.20 Å². The van der Waals surface area contributed by atoms with Gasteiger partial charge in [-0.2, -0.15) is 0 Å². The van der Waals surface area contributed by atoms with Gasteiger partial charge < -0.3 is 19.9 Å². The van der Waals surface area contributed by atoms with Crippen molar-refractivity contribution in [1.29, 1.82) is 0 Å². The molecule has 1 aliphatic heterocycles. The third-order valence-corrected chi connectivity index (χ3v) is 8.27. The molecule has 0 aliphatic carbocycles. The number of hydrogen-bond acceptors (Lipinski definition) is 11. The van der Waals surface area contributed by atoms with Gasteiger partial charge in [-0.05, 0) is 44.2 Å². The molecule has 198 valence electrons. The standard InChI is InChI=1S/C26H30N8O3S/c1-26(2,33(4)21-8-6-17(15-29-21)25(35)32-36)19-13-18-22(38-19)24(34-9-11-37-12-10-34)31-23(30-18)16-5-7-20(27-3)28-14-16/h5-8,13-15,36H,9-12H2,1-4H3,(H,27,28)(H,32,35). The summed E-state index contributed by atoms with van der Waals surface area (Å²) in [6.45, 7) is 7.07. The first kappa shape index (κ1) is 25.8. The molecule has 38 heavy (non-hydrogen) atoms. The average Bonchev–Trinajstić information content (AvgIpc) is 3.42. The summed E-state index contributed by atoms with van der Waals surface area (Å²) in [6, 6.07) is 9.40. The van der Waals surface area contributed by atoms with Gasteiger partial charge in [-0.3, -0.25) is 10.0 Å². The van der Waals surface area contributed by atoms with Crippen LogP contribution in [-0.2, 0) is 10.3 Å². The van der Waals surface area contributed by atoms with Gasteiger partial charge in [-0.15, -0.1) is 11.3 Å². The molecule has 1 aliphatic rings. The Hall–Kier alpha value is -3.87. The third-order valence-electron chi connectivity index (χ3n) is 6.84. The third kappa shape index (κ3) is 4.85. The summed E-state index contributed by atoms with van der Waals surface area (Å²) < 4.78 is 6.62. The van der Waals surface area contributed by atoms with Gasteiger partial charge in [0.25, 0.3) is 5.91 Å². The van der Waals surface area contributed by atoms with Crippen molar-refractivity contribution < 1.29 is 14.7 Å². The summed E-state index contributed by atoms with van der Waals surface area (Å²) >= 11 is 1.67. The summed E-state index contributed by atoms with van der Waals surface area (Å²) in [4.78, 5) is 35.9. The Morgan fingerprint density at radius 2 is 1.92 bits per heavy atom. The molecule has 0 spiro atoms. The van der Waals surface area contributed by atoms with Gasteiger partial charge in [0, 0.05) is 50.0 Å². The Bertz CT molecular complexity index is 1430. The van der Waals surface area contributed by atoms with E-state index in [2.05, 4.69) is 45.0 Å². The van der Waals surface area contributed by atoms with Crippen LogP contribution in [-0.4, -0.2) is 71.4 Å². The minimum Gasteiger partial charge on any atom is -0.378 e. The second-order valence-corrected chi connectivity index (χ2v) is 10.5. The first-order valence-electron chi connectivity index (χ1n) is 12.2. The predicted molar refractivity (Wildman–Crippen MR) is 148 cm³/mol. The maximum absolute atomic E-state index is 11.7. The smallest absolute Gasteiger partial charge is 0.276 e. The van der Waals surface area contributed by atoms with Crippen molar-refractivity contribution in [2.45, 2.75) is 19.4 Å². The Labute approximate surface area is 224 Å². The molecule has 0 atom stereocenters. The zero-order chi connectivity index (χ0) is 26.9. The van der Waals surface area contributed by atoms with Crippen LogP contribution < -0.4 is 20.6 Å². The summed E-state index contributed by atoms with van der Waals surface area (Å²) in [6.07, 6.45) is 3.23. The van der Waals surface area contributed by atoms with Crippen LogP contribution in [0.5, 0.6) is 0 Å². The quantitative estimate of drug-likeness (QED) is 0.239. The summed E-state index contributed by atoms with van der Waals surface area (Å²) in [5.74, 6) is 2.40. The Morgan fingerprint density at radius 1 is 1.13 bits per heavy atom. The van der Waals surface area contributed by atoms with E-state index in [1.54, 1.807) is 35.1 Å². The fourth-order valence-corrected chi connectivity index (χ4v) is 5.50. The molecule has 0 unspecified atom stereocenters. The van der Waals surface area contributed by atoms with Crippen molar-refractivity contribution in [2.24, 2.45) is 0 Å². The Morgan fingerprint density at radius 3 is 2.55 bits per heavy atom. The molecule has 5 heterocycles. The number of fused-ring (bicyclic) bond motifs is 1. The monoisotopic (exact) mass is 534 g/mol. The molecule has 0 saturated carbocycles. The molecule has 1 saturated heterocycles. The molecule has 3 N–H and O–H groups in total. The fraction of sp³-hybridized carbons (Fsp3) is 0.346. The molecule has 0 bridgehead atoms. The highest BCUT2D eigenvalue weighted by Gasteiger charge is 2.31. The van der Waals surface area contributed by atoms with Crippen LogP contribution >= 0.6 is 11.3 Å². The number of thiophene rings is 1. The van der Waals surface area contributed by atoms with Gasteiger partial charge in [0.1, 0.15) is 11.6 Å². The van der Waals surface area contributed by atoms with Crippen LogP contribution in [0.15, 0.2) is 42.7 Å². The molecule has 1 fully saturated rings. The topological polar surface area (TPSA) is 129 Å². The van der Waals surface area contributed by atoms with E-state index in [9.17, 15) is 4.79 Å². The van der Waals surface area contributed by atoms with Gasteiger partial charge >= 0.3 is 0 Å². The van der Waals surface area contributed by atoms with E-state index in [4.69, 9.17) is 19.9 Å². The van der Waals surface area contributed by atoms with Gasteiger partial charge in [-0.25, -0.2) is 25.4 Å². The number of pyridine rings is 2. The second-order valence-electron chi connectivity index (χ2n) is 9.44. The van der Waals surface area contributed by atoms with Crippen molar-refractivity contribution in [3.05, 3.63) is 53.2 Å². The number of amides is 1. The summed E-state index contributed by atoms with van der Waals surface area (Å²) in [5.41, 5.74) is 3.18. The number of hydrogen-bond donors (Lipinski definition) is 3. The van der Waals surface area contributed by atoms with E-state index < -0.39 is 11.4 Å². The van der Waals surface area contributed by atoms with Crippen LogP contribution in [0.3, 0.4) is 0 Å². The number of hydroxylamine groups is 1. The Kier molecular flexibility index (Phi) is 7.11. The molecular formula is C26H30N8O3S. The first-order chi connectivity index (χ1) is 18.3. The molecule has 1 amide bonds. The number of ether oxygens (including phenoxy) is 1. The van der Waals surface area contributed by atoms with Crippen molar-refractivity contribution in [2.75, 3.05) is 55.5 Å². The SMILES string of the molecule is CNc1ccc(-c2nc(N3CCOCC3)c3sc(C(C)(C)N(C)c4ccc(C(=O)NO)cn4)cc3n2)cn1. The van der Waals surface area contributed by atoms with E-state index in [1.807, 2.05) is 26.2 Å². The molecule has 12 heteroatoms. The average molecular weight is 535 g/mol. The van der Waals surface area contributed by atoms with Crippen LogP contribution in [0, 0.1) is 0 Å². The number of carbonyl (C=O) groups is 1.